The highest BCUT2D eigenvalue weighted by molar-refractivity contribution is 9.10. The molecule has 0 amide bonds. The number of piperidine rings is 1. The Bertz CT molecular complexity index is 559. The van der Waals surface area contributed by atoms with Crippen molar-refractivity contribution in [3.8, 4) is 0 Å². The summed E-state index contributed by atoms with van der Waals surface area (Å²) < 4.78 is 2.86. The van der Waals surface area contributed by atoms with E-state index in [0.29, 0.717) is 11.1 Å². The lowest BCUT2D eigenvalue weighted by Gasteiger charge is -2.33. The molecule has 100 valence electrons. The van der Waals surface area contributed by atoms with E-state index in [1.165, 1.54) is 0 Å². The normalized spacial score (nSPS) is 19.7. The minimum absolute atomic E-state index is 0.348. The number of nitrogens with zero attached hydrogens (tertiary/aromatic N) is 5. The van der Waals surface area contributed by atoms with Crippen LogP contribution in [0, 0.1) is 0 Å². The first-order valence-corrected chi connectivity index (χ1v) is 7.31. The quantitative estimate of drug-likeness (QED) is 0.842. The van der Waals surface area contributed by atoms with Crippen molar-refractivity contribution in [1.82, 2.24) is 19.7 Å². The average molecular weight is 343 g/mol. The van der Waals surface area contributed by atoms with Crippen LogP contribution in [0.25, 0.3) is 0 Å². The maximum atomic E-state index is 5.93. The van der Waals surface area contributed by atoms with Crippen LogP contribution < -0.4 is 4.90 Å². The molecule has 0 N–H and O–H groups in total. The summed E-state index contributed by atoms with van der Waals surface area (Å²) in [4.78, 5) is 10.7. The Balaban J connectivity index is 1.81. The Labute approximate surface area is 124 Å². The molecule has 3 rings (SSSR count). The van der Waals surface area contributed by atoms with Crippen molar-refractivity contribution < 1.29 is 0 Å². The zero-order valence-corrected chi connectivity index (χ0v) is 12.5. The van der Waals surface area contributed by atoms with E-state index >= 15 is 0 Å². The number of hydrogen-bond acceptors (Lipinski definition) is 4. The Kier molecular flexibility index (Phi) is 3.70. The fraction of sp³-hybridized carbons (Fsp3) is 0.417. The Hall–Kier alpha value is -1.14. The van der Waals surface area contributed by atoms with E-state index < -0.39 is 0 Å². The first kappa shape index (κ1) is 12.9. The summed E-state index contributed by atoms with van der Waals surface area (Å²) in [5.41, 5.74) is 0. The molecule has 1 aliphatic rings. The SMILES string of the molecule is Clc1cnc(N2CCC[C@H](n3cncn3)C2)c(Br)c1. The van der Waals surface area contributed by atoms with Gasteiger partial charge >= 0.3 is 0 Å². The van der Waals surface area contributed by atoms with Crippen LogP contribution in [0.15, 0.2) is 29.4 Å². The third kappa shape index (κ3) is 2.74. The fourth-order valence-electron chi connectivity index (χ4n) is 2.41. The summed E-state index contributed by atoms with van der Waals surface area (Å²) in [5.74, 6) is 0.939. The van der Waals surface area contributed by atoms with Crippen LogP contribution in [-0.2, 0) is 0 Å². The van der Waals surface area contributed by atoms with Gasteiger partial charge in [0.1, 0.15) is 18.5 Å². The van der Waals surface area contributed by atoms with Gasteiger partial charge in [-0.1, -0.05) is 11.6 Å². The molecule has 0 radical (unpaired) electrons. The molecule has 3 heterocycles. The van der Waals surface area contributed by atoms with Crippen molar-refractivity contribution in [2.45, 2.75) is 18.9 Å². The zero-order valence-electron chi connectivity index (χ0n) is 10.2. The predicted molar refractivity (Wildman–Crippen MR) is 77.5 cm³/mol. The molecule has 0 unspecified atom stereocenters. The van der Waals surface area contributed by atoms with Gasteiger partial charge in [0.05, 0.1) is 15.5 Å². The van der Waals surface area contributed by atoms with Crippen LogP contribution in [0.2, 0.25) is 5.02 Å². The summed E-state index contributed by atoms with van der Waals surface area (Å²) >= 11 is 9.46. The second-order valence-corrected chi connectivity index (χ2v) is 5.87. The van der Waals surface area contributed by atoms with Crippen LogP contribution in [0.5, 0.6) is 0 Å². The lowest BCUT2D eigenvalue weighted by Crippen LogP contribution is -2.37. The molecule has 2 aromatic heterocycles. The van der Waals surface area contributed by atoms with E-state index in [9.17, 15) is 0 Å². The monoisotopic (exact) mass is 341 g/mol. The van der Waals surface area contributed by atoms with Crippen molar-refractivity contribution in [3.05, 3.63) is 34.4 Å². The van der Waals surface area contributed by atoms with Gasteiger partial charge in [0.2, 0.25) is 0 Å². The van der Waals surface area contributed by atoms with Crippen LogP contribution in [0.1, 0.15) is 18.9 Å². The van der Waals surface area contributed by atoms with E-state index in [4.69, 9.17) is 11.6 Å². The Morgan fingerprint density at radius 2 is 2.32 bits per heavy atom. The van der Waals surface area contributed by atoms with Crippen molar-refractivity contribution in [3.63, 3.8) is 0 Å². The van der Waals surface area contributed by atoms with Gasteiger partial charge in [-0.05, 0) is 34.8 Å². The van der Waals surface area contributed by atoms with Gasteiger partial charge in [-0.25, -0.2) is 14.6 Å². The molecule has 1 aliphatic heterocycles. The van der Waals surface area contributed by atoms with Crippen molar-refractivity contribution in [2.24, 2.45) is 0 Å². The molecule has 1 saturated heterocycles. The van der Waals surface area contributed by atoms with Crippen molar-refractivity contribution >= 4 is 33.3 Å². The van der Waals surface area contributed by atoms with E-state index in [1.807, 2.05) is 10.7 Å². The maximum Gasteiger partial charge on any atom is 0.143 e. The van der Waals surface area contributed by atoms with Gasteiger partial charge < -0.3 is 4.90 Å². The minimum Gasteiger partial charge on any atom is -0.354 e. The van der Waals surface area contributed by atoms with E-state index in [1.54, 1.807) is 18.9 Å². The van der Waals surface area contributed by atoms with Crippen LogP contribution >= 0.6 is 27.5 Å². The molecule has 2 aromatic rings. The third-order valence-electron chi connectivity index (χ3n) is 3.30. The Morgan fingerprint density at radius 1 is 1.42 bits per heavy atom. The largest absolute Gasteiger partial charge is 0.354 e. The Morgan fingerprint density at radius 3 is 3.05 bits per heavy atom. The molecule has 1 fully saturated rings. The summed E-state index contributed by atoms with van der Waals surface area (Å²) in [5, 5.41) is 4.87. The topological polar surface area (TPSA) is 46.8 Å². The molecule has 19 heavy (non-hydrogen) atoms. The van der Waals surface area contributed by atoms with E-state index in [0.717, 1.165) is 36.2 Å². The summed E-state index contributed by atoms with van der Waals surface area (Å²) in [6, 6.07) is 2.23. The first-order chi connectivity index (χ1) is 9.24. The standard InChI is InChI=1S/C12H13BrClN5/c13-11-4-9(14)5-16-12(11)18-3-1-2-10(6-18)19-8-15-7-17-19/h4-5,7-8,10H,1-3,6H2/t10-/m0/s1. The van der Waals surface area contributed by atoms with Gasteiger partial charge in [0.25, 0.3) is 0 Å². The molecule has 0 saturated carbocycles. The zero-order chi connectivity index (χ0) is 13.2. The highest BCUT2D eigenvalue weighted by atomic mass is 79.9. The molecule has 0 aromatic carbocycles. The average Bonchev–Trinajstić information content (AvgIpc) is 2.93. The fourth-order valence-corrected chi connectivity index (χ4v) is 3.30. The molecular formula is C12H13BrClN5. The summed E-state index contributed by atoms with van der Waals surface area (Å²) in [6.45, 7) is 1.88. The number of anilines is 1. The highest BCUT2D eigenvalue weighted by Crippen LogP contribution is 2.30. The van der Waals surface area contributed by atoms with Crippen LogP contribution in [-0.4, -0.2) is 32.8 Å². The number of halogens is 2. The van der Waals surface area contributed by atoms with Gasteiger partial charge in [0, 0.05) is 19.3 Å². The van der Waals surface area contributed by atoms with Gasteiger partial charge in [-0.3, -0.25) is 0 Å². The second kappa shape index (κ2) is 5.46. The molecule has 0 bridgehead atoms. The maximum absolute atomic E-state index is 5.93. The molecule has 5 nitrogen and oxygen atoms in total. The molecular weight excluding hydrogens is 330 g/mol. The minimum atomic E-state index is 0.348. The molecule has 0 aliphatic carbocycles. The van der Waals surface area contributed by atoms with Gasteiger partial charge in [-0.2, -0.15) is 5.10 Å². The van der Waals surface area contributed by atoms with E-state index in [2.05, 4.69) is 35.9 Å². The van der Waals surface area contributed by atoms with Gasteiger partial charge in [-0.15, -0.1) is 0 Å². The molecule has 7 heteroatoms. The first-order valence-electron chi connectivity index (χ1n) is 6.14. The molecule has 1 atom stereocenters. The van der Waals surface area contributed by atoms with E-state index in [-0.39, 0.29) is 0 Å². The summed E-state index contributed by atoms with van der Waals surface area (Å²) in [6.07, 6.45) is 7.26. The lowest BCUT2D eigenvalue weighted by atomic mass is 10.1. The number of hydrogen-bond donors (Lipinski definition) is 0. The van der Waals surface area contributed by atoms with Crippen LogP contribution in [0.3, 0.4) is 0 Å². The smallest absolute Gasteiger partial charge is 0.143 e. The summed E-state index contributed by atoms with van der Waals surface area (Å²) in [7, 11) is 0. The van der Waals surface area contributed by atoms with Gasteiger partial charge in [0.15, 0.2) is 0 Å². The lowest BCUT2D eigenvalue weighted by molar-refractivity contribution is 0.374. The second-order valence-electron chi connectivity index (χ2n) is 4.58. The number of rotatable bonds is 2. The predicted octanol–water partition coefficient (Wildman–Crippen LogP) is 2.93. The highest BCUT2D eigenvalue weighted by Gasteiger charge is 2.23. The van der Waals surface area contributed by atoms with Crippen molar-refractivity contribution in [2.75, 3.05) is 18.0 Å². The van der Waals surface area contributed by atoms with Crippen molar-refractivity contribution in [1.29, 1.82) is 0 Å². The molecule has 0 spiro atoms. The third-order valence-corrected chi connectivity index (χ3v) is 4.09. The van der Waals surface area contributed by atoms with Crippen LogP contribution in [0.4, 0.5) is 5.82 Å². The number of pyridine rings is 1. The number of aromatic nitrogens is 4.